The highest BCUT2D eigenvalue weighted by Crippen LogP contribution is 2.15. The fourth-order valence-corrected chi connectivity index (χ4v) is 1.29. The number of carbonyl (C=O) groups excluding carboxylic acids is 1. The summed E-state index contributed by atoms with van der Waals surface area (Å²) >= 11 is 0. The third-order valence-corrected chi connectivity index (χ3v) is 2.20. The van der Waals surface area contributed by atoms with Crippen LogP contribution in [0.1, 0.15) is 5.56 Å². The van der Waals surface area contributed by atoms with Crippen LogP contribution in [0.15, 0.2) is 24.3 Å². The van der Waals surface area contributed by atoms with Crippen LogP contribution in [0.5, 0.6) is 0 Å². The lowest BCUT2D eigenvalue weighted by Crippen LogP contribution is -2.41. The first-order chi connectivity index (χ1) is 7.65. The highest BCUT2D eigenvalue weighted by Gasteiger charge is 2.09. The number of nitrogens with two attached hydrogens (primary N) is 2. The molecular weight excluding hydrogens is 206 g/mol. The topological polar surface area (TPSA) is 90.4 Å². The van der Waals surface area contributed by atoms with E-state index in [0.29, 0.717) is 13.2 Å². The molecule has 0 heterocycles. The molecule has 0 aliphatic heterocycles. The van der Waals surface area contributed by atoms with Gasteiger partial charge in [-0.2, -0.15) is 0 Å². The summed E-state index contributed by atoms with van der Waals surface area (Å²) in [5.41, 5.74) is 12.5. The van der Waals surface area contributed by atoms with Gasteiger partial charge >= 0.3 is 0 Å². The van der Waals surface area contributed by atoms with E-state index >= 15 is 0 Å². The number of primary amides is 1. The van der Waals surface area contributed by atoms with Crippen molar-refractivity contribution in [3.8, 4) is 0 Å². The zero-order chi connectivity index (χ0) is 12.0. The summed E-state index contributed by atoms with van der Waals surface area (Å²) in [5, 5.41) is 3.07. The number of rotatable bonds is 6. The second kappa shape index (κ2) is 6.09. The van der Waals surface area contributed by atoms with Gasteiger partial charge in [0.15, 0.2) is 0 Å². The third-order valence-electron chi connectivity index (χ3n) is 2.20. The summed E-state index contributed by atoms with van der Waals surface area (Å²) in [5.74, 6) is -0.517. The van der Waals surface area contributed by atoms with Crippen LogP contribution in [0.2, 0.25) is 0 Å². The summed E-state index contributed by atoms with van der Waals surface area (Å²) in [6.45, 7) is 0.824. The molecule has 1 aromatic carbocycles. The van der Waals surface area contributed by atoms with Gasteiger partial charge in [0.05, 0.1) is 6.61 Å². The quantitative estimate of drug-likeness (QED) is 0.636. The van der Waals surface area contributed by atoms with E-state index in [2.05, 4.69) is 5.32 Å². The number of hydrogen-bond donors (Lipinski definition) is 3. The molecule has 1 rings (SSSR count). The number of hydrogen-bond acceptors (Lipinski definition) is 4. The summed E-state index contributed by atoms with van der Waals surface area (Å²) in [6.07, 6.45) is 0. The minimum absolute atomic E-state index is 0.316. The van der Waals surface area contributed by atoms with Gasteiger partial charge in [-0.15, -0.1) is 0 Å². The molecule has 5 N–H and O–H groups in total. The molecule has 0 fully saturated rings. The Morgan fingerprint density at radius 1 is 1.50 bits per heavy atom. The van der Waals surface area contributed by atoms with Gasteiger partial charge in [-0.3, -0.25) is 4.79 Å². The Hall–Kier alpha value is -1.59. The molecule has 0 radical (unpaired) electrons. The molecule has 1 atom stereocenters. The number of nitrogens with one attached hydrogen (secondary N) is 1. The largest absolute Gasteiger partial charge is 0.383 e. The zero-order valence-corrected chi connectivity index (χ0v) is 9.27. The predicted molar refractivity (Wildman–Crippen MR) is 62.8 cm³/mol. The molecule has 0 aliphatic carbocycles. The van der Waals surface area contributed by atoms with Gasteiger partial charge in [0.2, 0.25) is 5.91 Å². The molecule has 0 spiro atoms. The first kappa shape index (κ1) is 12.5. The van der Waals surface area contributed by atoms with Crippen molar-refractivity contribution in [3.05, 3.63) is 29.8 Å². The van der Waals surface area contributed by atoms with Crippen molar-refractivity contribution in [2.45, 2.75) is 12.6 Å². The van der Waals surface area contributed by atoms with Crippen molar-refractivity contribution >= 4 is 11.6 Å². The van der Waals surface area contributed by atoms with Crippen LogP contribution in [0.25, 0.3) is 0 Å². The van der Waals surface area contributed by atoms with Crippen molar-refractivity contribution in [1.82, 2.24) is 0 Å². The molecule has 1 unspecified atom stereocenters. The van der Waals surface area contributed by atoms with Gasteiger partial charge in [-0.05, 0) is 6.07 Å². The number of benzene rings is 1. The van der Waals surface area contributed by atoms with Crippen molar-refractivity contribution in [1.29, 1.82) is 0 Å². The molecule has 5 heteroatoms. The van der Waals surface area contributed by atoms with Crippen LogP contribution in [-0.2, 0) is 16.1 Å². The molecule has 1 aromatic rings. The third kappa shape index (κ3) is 3.52. The van der Waals surface area contributed by atoms with E-state index in [1.807, 2.05) is 24.3 Å². The fourth-order valence-electron chi connectivity index (χ4n) is 1.29. The summed E-state index contributed by atoms with van der Waals surface area (Å²) < 4.78 is 5.06. The molecule has 0 bridgehead atoms. The Kier molecular flexibility index (Phi) is 4.75. The first-order valence-corrected chi connectivity index (χ1v) is 5.00. The van der Waals surface area contributed by atoms with Crippen LogP contribution < -0.4 is 16.8 Å². The van der Waals surface area contributed by atoms with E-state index < -0.39 is 11.9 Å². The van der Waals surface area contributed by atoms with Crippen LogP contribution >= 0.6 is 0 Å². The van der Waals surface area contributed by atoms with Crippen molar-refractivity contribution < 1.29 is 9.53 Å². The average Bonchev–Trinajstić information content (AvgIpc) is 2.27. The molecule has 0 saturated carbocycles. The maximum absolute atomic E-state index is 10.8. The maximum Gasteiger partial charge on any atom is 0.236 e. The Bertz CT molecular complexity index is 355. The van der Waals surface area contributed by atoms with E-state index in [9.17, 15) is 4.79 Å². The smallest absolute Gasteiger partial charge is 0.236 e. The van der Waals surface area contributed by atoms with E-state index in [-0.39, 0.29) is 0 Å². The highest BCUT2D eigenvalue weighted by molar-refractivity contribution is 5.80. The minimum atomic E-state index is -0.685. The van der Waals surface area contributed by atoms with Crippen LogP contribution in [-0.4, -0.2) is 25.6 Å². The molecule has 88 valence electrons. The van der Waals surface area contributed by atoms with Crippen LogP contribution in [0.4, 0.5) is 5.69 Å². The van der Waals surface area contributed by atoms with Gasteiger partial charge < -0.3 is 21.5 Å². The fraction of sp³-hybridized carbons (Fsp3) is 0.364. The SMILES string of the molecule is COCc1ccccc1NCC(N)C(N)=O. The monoisotopic (exact) mass is 223 g/mol. The minimum Gasteiger partial charge on any atom is -0.383 e. The second-order valence-corrected chi connectivity index (χ2v) is 3.48. The van der Waals surface area contributed by atoms with E-state index in [1.165, 1.54) is 0 Å². The number of ether oxygens (including phenoxy) is 1. The molecule has 5 nitrogen and oxygen atoms in total. The number of amides is 1. The Morgan fingerprint density at radius 3 is 2.81 bits per heavy atom. The van der Waals surface area contributed by atoms with Gasteiger partial charge in [0.25, 0.3) is 0 Å². The summed E-state index contributed by atoms with van der Waals surface area (Å²) in [6, 6.07) is 6.99. The number of anilines is 1. The van der Waals surface area contributed by atoms with E-state index in [4.69, 9.17) is 16.2 Å². The average molecular weight is 223 g/mol. The number of carbonyl (C=O) groups is 1. The predicted octanol–water partition coefficient (Wildman–Crippen LogP) is 0.0575. The van der Waals surface area contributed by atoms with Crippen LogP contribution in [0.3, 0.4) is 0 Å². The molecule has 0 saturated heterocycles. The normalized spacial score (nSPS) is 12.1. The van der Waals surface area contributed by atoms with Gasteiger partial charge in [-0.1, -0.05) is 18.2 Å². The molecular formula is C11H17N3O2. The lowest BCUT2D eigenvalue weighted by atomic mass is 10.2. The molecule has 1 amide bonds. The Labute approximate surface area is 94.8 Å². The standard InChI is InChI=1S/C11H17N3O2/c1-16-7-8-4-2-3-5-10(8)14-6-9(12)11(13)15/h2-5,9,14H,6-7,12H2,1H3,(H2,13,15). The first-order valence-electron chi connectivity index (χ1n) is 5.00. The molecule has 0 aromatic heterocycles. The Morgan fingerprint density at radius 2 is 2.19 bits per heavy atom. The maximum atomic E-state index is 10.8. The van der Waals surface area contributed by atoms with E-state index in [1.54, 1.807) is 7.11 Å². The summed E-state index contributed by atoms with van der Waals surface area (Å²) in [7, 11) is 1.63. The number of para-hydroxylation sites is 1. The van der Waals surface area contributed by atoms with Gasteiger partial charge in [-0.25, -0.2) is 0 Å². The molecule has 16 heavy (non-hydrogen) atoms. The number of methoxy groups -OCH3 is 1. The lowest BCUT2D eigenvalue weighted by molar-refractivity contribution is -0.118. The second-order valence-electron chi connectivity index (χ2n) is 3.48. The van der Waals surface area contributed by atoms with Gasteiger partial charge in [0.1, 0.15) is 6.04 Å². The van der Waals surface area contributed by atoms with Crippen molar-refractivity contribution in [3.63, 3.8) is 0 Å². The molecule has 0 aliphatic rings. The van der Waals surface area contributed by atoms with Crippen molar-refractivity contribution in [2.24, 2.45) is 11.5 Å². The highest BCUT2D eigenvalue weighted by atomic mass is 16.5. The lowest BCUT2D eigenvalue weighted by Gasteiger charge is -2.13. The summed E-state index contributed by atoms with van der Waals surface area (Å²) in [4.78, 5) is 10.8. The van der Waals surface area contributed by atoms with Gasteiger partial charge in [0, 0.05) is 24.9 Å². The van der Waals surface area contributed by atoms with Crippen LogP contribution in [0, 0.1) is 0 Å². The zero-order valence-electron chi connectivity index (χ0n) is 9.27. The van der Waals surface area contributed by atoms with Crippen molar-refractivity contribution in [2.75, 3.05) is 19.0 Å². The van der Waals surface area contributed by atoms with E-state index in [0.717, 1.165) is 11.3 Å². The Balaban J connectivity index is 2.62.